The molecule has 0 radical (unpaired) electrons. The molecule has 4 rings (SSSR count). The maximum Gasteiger partial charge on any atom is 0.187 e. The number of halogens is 1. The van der Waals surface area contributed by atoms with E-state index >= 15 is 0 Å². The molecule has 0 bridgehead atoms. The molecule has 0 N–H and O–H groups in total. The highest BCUT2D eigenvalue weighted by atomic mass is 79.9. The number of imidazole rings is 1. The van der Waals surface area contributed by atoms with Crippen molar-refractivity contribution in [3.8, 4) is 0 Å². The summed E-state index contributed by atoms with van der Waals surface area (Å²) >= 11 is 3.49. The molecule has 1 saturated heterocycles. The Kier molecular flexibility index (Phi) is 7.00. The van der Waals surface area contributed by atoms with Gasteiger partial charge in [-0.25, -0.2) is 4.98 Å². The van der Waals surface area contributed by atoms with Crippen LogP contribution in [-0.2, 0) is 33.8 Å². The van der Waals surface area contributed by atoms with Crippen LogP contribution in [0.15, 0.2) is 71.7 Å². The third-order valence-electron chi connectivity index (χ3n) is 5.30. The largest absolute Gasteiger partial charge is 0.374 e. The average molecular weight is 471 g/mol. The first kappa shape index (κ1) is 21.2. The van der Waals surface area contributed by atoms with E-state index in [-0.39, 0.29) is 6.10 Å². The zero-order valence-corrected chi connectivity index (χ0v) is 18.8. The molecule has 2 heterocycles. The Bertz CT molecular complexity index is 913. The lowest BCUT2D eigenvalue weighted by molar-refractivity contribution is -0.187. The Balaban J connectivity index is 1.35. The monoisotopic (exact) mass is 470 g/mol. The van der Waals surface area contributed by atoms with Crippen LogP contribution in [0, 0.1) is 6.92 Å². The van der Waals surface area contributed by atoms with Gasteiger partial charge in [-0.05, 0) is 36.6 Å². The van der Waals surface area contributed by atoms with Gasteiger partial charge in [0, 0.05) is 23.3 Å². The van der Waals surface area contributed by atoms with Crippen LogP contribution in [-0.4, -0.2) is 34.7 Å². The third-order valence-corrected chi connectivity index (χ3v) is 5.83. The van der Waals surface area contributed by atoms with Gasteiger partial charge >= 0.3 is 0 Å². The Morgan fingerprint density at radius 2 is 1.90 bits per heavy atom. The molecule has 1 aliphatic heterocycles. The van der Waals surface area contributed by atoms with Crippen molar-refractivity contribution in [1.29, 1.82) is 0 Å². The molecule has 2 aromatic carbocycles. The van der Waals surface area contributed by atoms with E-state index in [9.17, 15) is 0 Å². The summed E-state index contributed by atoms with van der Waals surface area (Å²) in [6.45, 7) is 4.31. The van der Waals surface area contributed by atoms with Crippen molar-refractivity contribution >= 4 is 15.9 Å². The topological polar surface area (TPSA) is 45.5 Å². The van der Waals surface area contributed by atoms with E-state index in [0.717, 1.165) is 17.3 Å². The second-order valence-corrected chi connectivity index (χ2v) is 8.74. The molecule has 0 spiro atoms. The first-order valence-corrected chi connectivity index (χ1v) is 11.0. The molecule has 0 aliphatic carbocycles. The molecular formula is C24H27BrN2O3. The van der Waals surface area contributed by atoms with Gasteiger partial charge in [0.25, 0.3) is 0 Å². The van der Waals surface area contributed by atoms with E-state index < -0.39 is 5.79 Å². The molecule has 1 aromatic heterocycles. The number of aryl methyl sites for hydroxylation is 2. The molecule has 3 aromatic rings. The summed E-state index contributed by atoms with van der Waals surface area (Å²) in [7, 11) is 0. The number of aromatic nitrogens is 2. The van der Waals surface area contributed by atoms with Crippen LogP contribution in [0.3, 0.4) is 0 Å². The van der Waals surface area contributed by atoms with Gasteiger partial charge in [-0.1, -0.05) is 57.9 Å². The molecule has 0 amide bonds. The van der Waals surface area contributed by atoms with Crippen molar-refractivity contribution in [1.82, 2.24) is 9.55 Å². The maximum atomic E-state index is 6.42. The number of hydrogen-bond donors (Lipinski definition) is 0. The van der Waals surface area contributed by atoms with E-state index in [0.29, 0.717) is 26.4 Å². The van der Waals surface area contributed by atoms with E-state index in [1.807, 2.05) is 10.8 Å². The molecule has 30 heavy (non-hydrogen) atoms. The van der Waals surface area contributed by atoms with E-state index in [4.69, 9.17) is 14.2 Å². The van der Waals surface area contributed by atoms with Gasteiger partial charge < -0.3 is 18.8 Å². The highest BCUT2D eigenvalue weighted by molar-refractivity contribution is 9.10. The van der Waals surface area contributed by atoms with E-state index in [2.05, 4.69) is 76.4 Å². The Morgan fingerprint density at radius 1 is 1.13 bits per heavy atom. The zero-order chi connectivity index (χ0) is 20.8. The third kappa shape index (κ3) is 5.79. The van der Waals surface area contributed by atoms with Crippen molar-refractivity contribution in [3.63, 3.8) is 0 Å². The number of ether oxygens (including phenoxy) is 3. The summed E-state index contributed by atoms with van der Waals surface area (Å²) in [6.07, 6.45) is 7.08. The van der Waals surface area contributed by atoms with Gasteiger partial charge in [-0.2, -0.15) is 0 Å². The van der Waals surface area contributed by atoms with Crippen molar-refractivity contribution in [2.24, 2.45) is 0 Å². The Hall–Kier alpha value is -1.99. The van der Waals surface area contributed by atoms with Crippen molar-refractivity contribution in [2.45, 2.75) is 44.8 Å². The molecule has 0 saturated carbocycles. The summed E-state index contributed by atoms with van der Waals surface area (Å²) in [5.41, 5.74) is 3.68. The minimum absolute atomic E-state index is 0.0797. The van der Waals surface area contributed by atoms with Gasteiger partial charge in [-0.15, -0.1) is 0 Å². The minimum atomic E-state index is -0.675. The fourth-order valence-electron chi connectivity index (χ4n) is 3.63. The lowest BCUT2D eigenvalue weighted by atomic mass is 10.0. The number of rotatable bonds is 9. The van der Waals surface area contributed by atoms with Gasteiger partial charge in [0.1, 0.15) is 6.10 Å². The highest BCUT2D eigenvalue weighted by Gasteiger charge is 2.41. The summed E-state index contributed by atoms with van der Waals surface area (Å²) < 4.78 is 21.7. The first-order valence-electron chi connectivity index (χ1n) is 10.3. The second-order valence-electron chi connectivity index (χ2n) is 7.82. The molecule has 1 fully saturated rings. The van der Waals surface area contributed by atoms with Gasteiger partial charge in [0.15, 0.2) is 5.79 Å². The Morgan fingerprint density at radius 3 is 2.63 bits per heavy atom. The van der Waals surface area contributed by atoms with E-state index in [1.54, 1.807) is 12.5 Å². The Labute approximate surface area is 186 Å². The molecular weight excluding hydrogens is 444 g/mol. The standard InChI is InChI=1S/C24H27BrN2O3/c1-19-2-4-21(5-3-19)14-28-15-23-16-29-24(30-23,17-27-13-12-26-18-27)11-10-20-6-8-22(25)9-7-20/h2-9,12-13,18,23H,10-11,14-17H2,1H3. The highest BCUT2D eigenvalue weighted by Crippen LogP contribution is 2.31. The van der Waals surface area contributed by atoms with E-state index in [1.165, 1.54) is 16.7 Å². The van der Waals surface area contributed by atoms with Crippen molar-refractivity contribution in [3.05, 3.63) is 88.4 Å². The molecule has 158 valence electrons. The summed E-state index contributed by atoms with van der Waals surface area (Å²) in [5, 5.41) is 0. The summed E-state index contributed by atoms with van der Waals surface area (Å²) in [6, 6.07) is 16.8. The number of hydrogen-bond acceptors (Lipinski definition) is 4. The van der Waals surface area contributed by atoms with Crippen LogP contribution in [0.5, 0.6) is 0 Å². The lowest BCUT2D eigenvalue weighted by Crippen LogP contribution is -2.37. The van der Waals surface area contributed by atoms with Gasteiger partial charge in [-0.3, -0.25) is 0 Å². The van der Waals surface area contributed by atoms with Crippen LogP contribution in [0.25, 0.3) is 0 Å². The van der Waals surface area contributed by atoms with Crippen molar-refractivity contribution < 1.29 is 14.2 Å². The fraction of sp³-hybridized carbons (Fsp3) is 0.375. The van der Waals surface area contributed by atoms with Gasteiger partial charge in [0.2, 0.25) is 0 Å². The van der Waals surface area contributed by atoms with Crippen LogP contribution in [0.1, 0.15) is 23.1 Å². The van der Waals surface area contributed by atoms with Crippen LogP contribution in [0.4, 0.5) is 0 Å². The van der Waals surface area contributed by atoms with Crippen molar-refractivity contribution in [2.75, 3.05) is 13.2 Å². The summed E-state index contributed by atoms with van der Waals surface area (Å²) in [5.74, 6) is -0.675. The van der Waals surface area contributed by atoms with Crippen LogP contribution < -0.4 is 0 Å². The smallest absolute Gasteiger partial charge is 0.187 e. The predicted molar refractivity (Wildman–Crippen MR) is 119 cm³/mol. The van der Waals surface area contributed by atoms with Crippen LogP contribution in [0.2, 0.25) is 0 Å². The number of benzene rings is 2. The van der Waals surface area contributed by atoms with Crippen LogP contribution >= 0.6 is 15.9 Å². The fourth-order valence-corrected chi connectivity index (χ4v) is 3.89. The average Bonchev–Trinajstić information content (AvgIpc) is 3.40. The molecule has 5 nitrogen and oxygen atoms in total. The molecule has 6 heteroatoms. The lowest BCUT2D eigenvalue weighted by Gasteiger charge is -2.28. The van der Waals surface area contributed by atoms with Gasteiger partial charge in [0.05, 0.1) is 32.7 Å². The number of nitrogens with zero attached hydrogens (tertiary/aromatic N) is 2. The first-order chi connectivity index (χ1) is 14.6. The SMILES string of the molecule is Cc1ccc(COCC2COC(CCc3ccc(Br)cc3)(Cn3ccnc3)O2)cc1. The summed E-state index contributed by atoms with van der Waals surface area (Å²) in [4.78, 5) is 4.15. The zero-order valence-electron chi connectivity index (χ0n) is 17.2. The molecule has 2 atom stereocenters. The minimum Gasteiger partial charge on any atom is -0.374 e. The predicted octanol–water partition coefficient (Wildman–Crippen LogP) is 4.92. The normalized spacial score (nSPS) is 21.2. The molecule has 2 unspecified atom stereocenters. The molecule has 1 aliphatic rings. The maximum absolute atomic E-state index is 6.42. The quantitative estimate of drug-likeness (QED) is 0.445. The second kappa shape index (κ2) is 9.88.